The van der Waals surface area contributed by atoms with Crippen LogP contribution in [-0.4, -0.2) is 11.1 Å². The number of rotatable bonds is 2. The minimum atomic E-state index is 0.897. The number of benzene rings is 5. The summed E-state index contributed by atoms with van der Waals surface area (Å²) >= 11 is 0. The Morgan fingerprint density at radius 1 is 0.500 bits per heavy atom. The highest BCUT2D eigenvalue weighted by atomic mass is 15.1. The van der Waals surface area contributed by atoms with Gasteiger partial charge in [-0.05, 0) is 136 Å². The lowest BCUT2D eigenvalue weighted by atomic mass is 9.71. The van der Waals surface area contributed by atoms with Crippen molar-refractivity contribution in [2.24, 2.45) is 0 Å². The lowest BCUT2D eigenvalue weighted by molar-refractivity contribution is 0.742. The summed E-state index contributed by atoms with van der Waals surface area (Å²) in [6.07, 6.45) is 16.8. The monoisotopic (exact) mass is 642 g/mol. The second-order valence-corrected chi connectivity index (χ2v) is 14.5. The van der Waals surface area contributed by atoms with E-state index in [1.54, 1.807) is 27.9 Å². The Kier molecular flexibility index (Phi) is 6.19. The zero-order valence-electron chi connectivity index (χ0n) is 28.3. The fourth-order valence-corrected chi connectivity index (χ4v) is 10.0. The van der Waals surface area contributed by atoms with Crippen LogP contribution in [0, 0.1) is 0 Å². The lowest BCUT2D eigenvalue weighted by Gasteiger charge is -2.39. The summed E-state index contributed by atoms with van der Waals surface area (Å²) in [7, 11) is 0. The minimum Gasteiger partial charge on any atom is -0.337 e. The van der Waals surface area contributed by atoms with Crippen molar-refractivity contribution < 1.29 is 0 Å². The Hall–Kier alpha value is -5.60. The molecule has 240 valence electrons. The summed E-state index contributed by atoms with van der Waals surface area (Å²) in [6.45, 7) is 0.897. The van der Waals surface area contributed by atoms with E-state index in [4.69, 9.17) is 0 Å². The summed E-state index contributed by atoms with van der Waals surface area (Å²) in [5.74, 6) is 0. The van der Waals surface area contributed by atoms with Gasteiger partial charge in [0.15, 0.2) is 0 Å². The quantitative estimate of drug-likeness (QED) is 0.182. The average Bonchev–Trinajstić information content (AvgIpc) is 3.71. The van der Waals surface area contributed by atoms with Crippen LogP contribution >= 0.6 is 0 Å². The van der Waals surface area contributed by atoms with Crippen molar-refractivity contribution in [2.45, 2.75) is 44.9 Å². The molecule has 11 rings (SSSR count). The van der Waals surface area contributed by atoms with E-state index in [-0.39, 0.29) is 0 Å². The van der Waals surface area contributed by atoms with Crippen molar-refractivity contribution in [1.29, 1.82) is 0 Å². The minimum absolute atomic E-state index is 0.897. The Bertz CT molecular complexity index is 2580. The highest BCUT2D eigenvalue weighted by molar-refractivity contribution is 6.15. The van der Waals surface area contributed by atoms with Gasteiger partial charge in [-0.3, -0.25) is 0 Å². The van der Waals surface area contributed by atoms with Crippen LogP contribution < -0.4 is 4.90 Å². The Balaban J connectivity index is 1.08. The van der Waals surface area contributed by atoms with Crippen LogP contribution in [0.4, 0.5) is 5.69 Å². The summed E-state index contributed by atoms with van der Waals surface area (Å²) < 4.78 is 2.61. The molecule has 50 heavy (non-hydrogen) atoms. The van der Waals surface area contributed by atoms with Crippen LogP contribution in [0.5, 0.6) is 0 Å². The van der Waals surface area contributed by atoms with Gasteiger partial charge in [0, 0.05) is 40.3 Å². The van der Waals surface area contributed by atoms with Crippen molar-refractivity contribution in [2.75, 3.05) is 11.4 Å². The fraction of sp³-hybridized carbons (Fsp3) is 0.167. The van der Waals surface area contributed by atoms with Crippen molar-refractivity contribution in [3.8, 4) is 27.9 Å². The van der Waals surface area contributed by atoms with E-state index in [1.807, 2.05) is 0 Å². The van der Waals surface area contributed by atoms with E-state index < -0.39 is 0 Å². The molecule has 0 N–H and O–H groups in total. The Morgan fingerprint density at radius 3 is 2.14 bits per heavy atom. The molecule has 4 aliphatic carbocycles. The number of para-hydroxylation sites is 2. The van der Waals surface area contributed by atoms with Gasteiger partial charge in [-0.1, -0.05) is 103 Å². The Labute approximate surface area is 293 Å². The molecule has 0 saturated carbocycles. The first-order chi connectivity index (χ1) is 24.8. The molecule has 0 saturated heterocycles. The molecule has 0 spiro atoms. The summed E-state index contributed by atoms with van der Waals surface area (Å²) in [5, 5.41) is 4.13. The normalized spacial score (nSPS) is 19.0. The van der Waals surface area contributed by atoms with Crippen molar-refractivity contribution >= 4 is 32.9 Å². The van der Waals surface area contributed by atoms with Crippen molar-refractivity contribution in [1.82, 2.24) is 4.57 Å². The van der Waals surface area contributed by atoms with Crippen LogP contribution in [0.15, 0.2) is 161 Å². The predicted octanol–water partition coefficient (Wildman–Crippen LogP) is 12.3. The SMILES string of the molecule is C1=C\CC2=C(C3=C(CC2)C2=C(CC3)c3c(n(-c4ccc5c(c4)-c4cccc6cccc-5c46)c4ccccc34)CC2)N(c2ccccc2)C\C=C/1. The molecular formula is C48H38N2. The highest BCUT2D eigenvalue weighted by Crippen LogP contribution is 2.53. The Morgan fingerprint density at radius 2 is 1.24 bits per heavy atom. The number of anilines is 1. The molecule has 6 aromatic rings. The van der Waals surface area contributed by atoms with Gasteiger partial charge in [0.1, 0.15) is 0 Å². The molecule has 1 aromatic heterocycles. The molecule has 2 nitrogen and oxygen atoms in total. The van der Waals surface area contributed by atoms with Crippen molar-refractivity contribution in [3.63, 3.8) is 0 Å². The number of nitrogens with zero attached hydrogens (tertiary/aromatic N) is 2. The second kappa shape index (κ2) is 11.0. The van der Waals surface area contributed by atoms with E-state index in [0.717, 1.165) is 51.5 Å². The van der Waals surface area contributed by atoms with Crippen LogP contribution in [0.2, 0.25) is 0 Å². The summed E-state index contributed by atoms with van der Waals surface area (Å²) in [4.78, 5) is 2.60. The van der Waals surface area contributed by atoms with Gasteiger partial charge in [0.05, 0.1) is 5.52 Å². The summed E-state index contributed by atoms with van der Waals surface area (Å²) in [5.41, 5.74) is 22.0. The number of allylic oxidation sites excluding steroid dienone is 8. The maximum Gasteiger partial charge on any atom is 0.0537 e. The van der Waals surface area contributed by atoms with Crippen LogP contribution in [0.25, 0.3) is 55.2 Å². The second-order valence-electron chi connectivity index (χ2n) is 14.5. The fourth-order valence-electron chi connectivity index (χ4n) is 10.0. The van der Waals surface area contributed by atoms with Gasteiger partial charge < -0.3 is 9.47 Å². The van der Waals surface area contributed by atoms with Gasteiger partial charge in [0.25, 0.3) is 0 Å². The first-order valence-electron chi connectivity index (χ1n) is 18.4. The third kappa shape index (κ3) is 4.02. The zero-order valence-corrected chi connectivity index (χ0v) is 28.3. The maximum absolute atomic E-state index is 2.61. The van der Waals surface area contributed by atoms with E-state index in [2.05, 4.69) is 143 Å². The smallest absolute Gasteiger partial charge is 0.0537 e. The number of fused-ring (bicyclic) bond motifs is 9. The first-order valence-corrected chi connectivity index (χ1v) is 18.4. The molecule has 2 heteroatoms. The first kappa shape index (κ1) is 28.3. The molecule has 2 heterocycles. The molecule has 0 bridgehead atoms. The van der Waals surface area contributed by atoms with Gasteiger partial charge in [-0.2, -0.15) is 0 Å². The largest absolute Gasteiger partial charge is 0.337 e. The lowest BCUT2D eigenvalue weighted by Crippen LogP contribution is -2.29. The molecular weight excluding hydrogens is 605 g/mol. The standard InChI is InChI=1S/C48H38N2/c1-2-9-29-49(33-15-5-3-6-16-33)48-32(12-4-1)21-23-36-35-27-28-45-47(40(35)25-26-41(36)48)42-17-7-8-20-44(42)50(45)34-22-24-37-38-18-10-13-31-14-11-19-39(46(31)38)43(37)30-34/h1-11,13-20,22,24,30H,12,21,23,25-29H2/b4-1-,9-2-. The van der Waals surface area contributed by atoms with Gasteiger partial charge >= 0.3 is 0 Å². The third-order valence-corrected chi connectivity index (χ3v) is 12.0. The predicted molar refractivity (Wildman–Crippen MR) is 210 cm³/mol. The molecule has 0 fully saturated rings. The number of hydrogen-bond donors (Lipinski definition) is 0. The van der Waals surface area contributed by atoms with Crippen molar-refractivity contribution in [3.05, 3.63) is 173 Å². The van der Waals surface area contributed by atoms with Crippen LogP contribution in [0.1, 0.15) is 49.8 Å². The number of hydrogen-bond acceptors (Lipinski definition) is 1. The molecule has 5 aliphatic rings. The average molecular weight is 643 g/mol. The van der Waals surface area contributed by atoms with Gasteiger partial charge in [-0.25, -0.2) is 0 Å². The van der Waals surface area contributed by atoms with Gasteiger partial charge in [0.2, 0.25) is 0 Å². The molecule has 1 aliphatic heterocycles. The highest BCUT2D eigenvalue weighted by Gasteiger charge is 2.36. The van der Waals surface area contributed by atoms with E-state index in [0.29, 0.717) is 0 Å². The molecule has 0 unspecified atom stereocenters. The van der Waals surface area contributed by atoms with E-state index >= 15 is 0 Å². The molecule has 0 amide bonds. The van der Waals surface area contributed by atoms with E-state index in [9.17, 15) is 0 Å². The maximum atomic E-state index is 2.61. The number of aromatic nitrogens is 1. The molecule has 0 radical (unpaired) electrons. The topological polar surface area (TPSA) is 8.17 Å². The van der Waals surface area contributed by atoms with Crippen LogP contribution in [-0.2, 0) is 6.42 Å². The third-order valence-electron chi connectivity index (χ3n) is 12.0. The van der Waals surface area contributed by atoms with Gasteiger partial charge in [-0.15, -0.1) is 0 Å². The zero-order chi connectivity index (χ0) is 32.8. The van der Waals surface area contributed by atoms with E-state index in [1.165, 1.54) is 72.3 Å². The van der Waals surface area contributed by atoms with Crippen LogP contribution in [0.3, 0.4) is 0 Å². The molecule has 0 atom stereocenters. The summed E-state index contributed by atoms with van der Waals surface area (Å²) in [6, 6.07) is 41.0. The molecule has 5 aromatic carbocycles.